The van der Waals surface area contributed by atoms with E-state index in [1.807, 2.05) is 32.9 Å². The maximum Gasteiger partial charge on any atom is 0.282 e. The third-order valence-corrected chi connectivity index (χ3v) is 9.20. The van der Waals surface area contributed by atoms with Gasteiger partial charge in [-0.25, -0.2) is 8.78 Å². The van der Waals surface area contributed by atoms with Crippen molar-refractivity contribution in [3.05, 3.63) is 92.6 Å². The van der Waals surface area contributed by atoms with Gasteiger partial charge in [-0.05, 0) is 49.1 Å². The Kier molecular flexibility index (Phi) is 8.54. The second-order valence-electron chi connectivity index (χ2n) is 12.2. The number of aryl methyl sites for hydroxylation is 2. The Labute approximate surface area is 280 Å². The minimum absolute atomic E-state index is 0.0561. The molecule has 10 nitrogen and oxygen atoms in total. The molecule has 13 heteroatoms. The van der Waals surface area contributed by atoms with Crippen LogP contribution >= 0.6 is 11.6 Å². The molecule has 48 heavy (non-hydrogen) atoms. The Bertz CT molecular complexity index is 2220. The molecule has 3 aromatic heterocycles. The zero-order chi connectivity index (χ0) is 34.6. The number of amides is 2. The summed E-state index contributed by atoms with van der Waals surface area (Å²) in [6.45, 7) is 11.0. The largest absolute Gasteiger partial charge is 0.367 e. The van der Waals surface area contributed by atoms with Crippen molar-refractivity contribution in [1.82, 2.24) is 30.0 Å². The van der Waals surface area contributed by atoms with E-state index in [2.05, 4.69) is 27.1 Å². The number of H-pyrrole nitrogens is 1. The highest BCUT2D eigenvalue weighted by Crippen LogP contribution is 2.44. The Balaban J connectivity index is 1.77. The van der Waals surface area contributed by atoms with Gasteiger partial charge in [-0.2, -0.15) is 5.10 Å². The fraction of sp³-hybridized carbons (Fsp3) is 0.286. The van der Waals surface area contributed by atoms with Crippen molar-refractivity contribution in [2.75, 3.05) is 38.1 Å². The Morgan fingerprint density at radius 1 is 1.04 bits per heavy atom. The van der Waals surface area contributed by atoms with E-state index in [-0.39, 0.29) is 64.8 Å². The lowest BCUT2D eigenvalue weighted by molar-refractivity contribution is -0.128. The molecule has 2 aromatic carbocycles. The number of pyridine rings is 2. The standard InChI is InChI=1S/C35H34ClF2N7O3/c1-17(2)29-30(19(4)9-10-40-29)45-32-21(15-23(36)26(28(32)38)25-18(3)7-8-24-22(25)16-41-42-24)31(27(35(45)48)33(46)39-6)43-11-13-44(14-12-43)34(47)20(5)37/h7-10,15-17H,5,11-14H2,1-4,6H3,(H,39,46)(H,41,42). The normalized spacial score (nSPS) is 13.5. The number of nitrogens with zero attached hydrogens (tertiary/aromatic N) is 5. The molecule has 0 spiro atoms. The van der Waals surface area contributed by atoms with Crippen LogP contribution < -0.4 is 15.8 Å². The van der Waals surface area contributed by atoms with Crippen molar-refractivity contribution in [3.8, 4) is 16.8 Å². The van der Waals surface area contributed by atoms with Crippen molar-refractivity contribution in [3.63, 3.8) is 0 Å². The van der Waals surface area contributed by atoms with Crippen LogP contribution in [0.4, 0.5) is 14.5 Å². The smallest absolute Gasteiger partial charge is 0.282 e. The number of benzene rings is 2. The monoisotopic (exact) mass is 673 g/mol. The van der Waals surface area contributed by atoms with Crippen molar-refractivity contribution >= 4 is 50.9 Å². The number of fused-ring (bicyclic) bond motifs is 2. The summed E-state index contributed by atoms with van der Waals surface area (Å²) in [5.74, 6) is -3.54. The second-order valence-corrected chi connectivity index (χ2v) is 12.6. The molecule has 0 aliphatic carbocycles. The molecule has 2 amide bonds. The SMILES string of the molecule is C=C(F)C(=O)N1CCN(c2c(C(=O)NC)c(=O)n(-c3c(C)ccnc3C(C)C)c3c(F)c(-c4c(C)ccc5[nH]ncc45)c(Cl)cc23)CC1. The molecule has 0 atom stereocenters. The highest BCUT2D eigenvalue weighted by Gasteiger charge is 2.34. The van der Waals surface area contributed by atoms with Gasteiger partial charge in [0.2, 0.25) is 0 Å². The van der Waals surface area contributed by atoms with Crippen LogP contribution in [0.15, 0.2) is 53.9 Å². The van der Waals surface area contributed by atoms with Crippen LogP contribution in [-0.2, 0) is 4.79 Å². The van der Waals surface area contributed by atoms with E-state index in [0.29, 0.717) is 33.4 Å². The molecule has 0 radical (unpaired) electrons. The van der Waals surface area contributed by atoms with E-state index in [4.69, 9.17) is 11.6 Å². The van der Waals surface area contributed by atoms with Crippen molar-refractivity contribution < 1.29 is 18.4 Å². The predicted octanol–water partition coefficient (Wildman–Crippen LogP) is 5.95. The molecule has 1 aliphatic heterocycles. The Morgan fingerprint density at radius 2 is 1.75 bits per heavy atom. The van der Waals surface area contributed by atoms with Gasteiger partial charge in [-0.3, -0.25) is 29.0 Å². The summed E-state index contributed by atoms with van der Waals surface area (Å²) in [7, 11) is 1.41. The van der Waals surface area contributed by atoms with Crippen LogP contribution in [0.1, 0.15) is 46.9 Å². The van der Waals surface area contributed by atoms with Gasteiger partial charge in [0.15, 0.2) is 11.6 Å². The lowest BCUT2D eigenvalue weighted by Gasteiger charge is -2.37. The van der Waals surface area contributed by atoms with Gasteiger partial charge in [0.05, 0.1) is 39.3 Å². The molecule has 2 N–H and O–H groups in total. The minimum atomic E-state index is -1.08. The molecule has 0 bridgehead atoms. The number of rotatable bonds is 6. The fourth-order valence-corrected chi connectivity index (χ4v) is 6.89. The minimum Gasteiger partial charge on any atom is -0.367 e. The summed E-state index contributed by atoms with van der Waals surface area (Å²) < 4.78 is 32.7. The van der Waals surface area contributed by atoms with Gasteiger partial charge in [0.25, 0.3) is 17.4 Å². The average molecular weight is 674 g/mol. The summed E-state index contributed by atoms with van der Waals surface area (Å²) in [5.41, 5.74) is 2.63. The molecular formula is C35H34ClF2N7O3. The number of aromatic amines is 1. The number of halogens is 3. The number of carbonyl (C=O) groups excluding carboxylic acids is 2. The van der Waals surface area contributed by atoms with Crippen LogP contribution in [0.5, 0.6) is 0 Å². The Morgan fingerprint density at radius 3 is 2.40 bits per heavy atom. The van der Waals surface area contributed by atoms with E-state index < -0.39 is 29.0 Å². The zero-order valence-corrected chi connectivity index (χ0v) is 27.9. The van der Waals surface area contributed by atoms with Gasteiger partial charge in [0, 0.05) is 61.3 Å². The molecule has 6 rings (SSSR count). The molecular weight excluding hydrogens is 640 g/mol. The molecule has 5 aromatic rings. The predicted molar refractivity (Wildman–Crippen MR) is 183 cm³/mol. The maximum atomic E-state index is 17.7. The van der Waals surface area contributed by atoms with Gasteiger partial charge in [0.1, 0.15) is 5.56 Å². The third kappa shape index (κ3) is 5.20. The quantitative estimate of drug-likeness (QED) is 0.215. The number of hydrogen-bond donors (Lipinski definition) is 2. The number of nitrogens with one attached hydrogen (secondary N) is 2. The summed E-state index contributed by atoms with van der Waals surface area (Å²) >= 11 is 7.02. The first kappa shape index (κ1) is 32.8. The number of hydrogen-bond acceptors (Lipinski definition) is 6. The van der Waals surface area contributed by atoms with E-state index in [0.717, 1.165) is 5.56 Å². The number of anilines is 1. The van der Waals surface area contributed by atoms with Crippen molar-refractivity contribution in [1.29, 1.82) is 0 Å². The summed E-state index contributed by atoms with van der Waals surface area (Å²) in [4.78, 5) is 48.5. The highest BCUT2D eigenvalue weighted by atomic mass is 35.5. The van der Waals surface area contributed by atoms with E-state index in [1.54, 1.807) is 36.4 Å². The molecule has 0 unspecified atom stereocenters. The van der Waals surface area contributed by atoms with Gasteiger partial charge in [-0.15, -0.1) is 0 Å². The highest BCUT2D eigenvalue weighted by molar-refractivity contribution is 6.35. The van der Waals surface area contributed by atoms with Gasteiger partial charge in [-0.1, -0.05) is 38.1 Å². The summed E-state index contributed by atoms with van der Waals surface area (Å²) in [5, 5.41) is 10.6. The van der Waals surface area contributed by atoms with Crippen LogP contribution in [-0.4, -0.2) is 69.7 Å². The first-order valence-electron chi connectivity index (χ1n) is 15.5. The van der Waals surface area contributed by atoms with Gasteiger partial charge < -0.3 is 15.1 Å². The molecule has 248 valence electrons. The lowest BCUT2D eigenvalue weighted by atomic mass is 9.93. The summed E-state index contributed by atoms with van der Waals surface area (Å²) in [6.07, 6.45) is 3.23. The van der Waals surface area contributed by atoms with Crippen LogP contribution in [0.2, 0.25) is 5.02 Å². The molecule has 1 saturated heterocycles. The van der Waals surface area contributed by atoms with Crippen LogP contribution in [0.3, 0.4) is 0 Å². The lowest BCUT2D eigenvalue weighted by Crippen LogP contribution is -2.50. The number of carbonyl (C=O) groups is 2. The van der Waals surface area contributed by atoms with E-state index in [9.17, 15) is 18.8 Å². The number of aromatic nitrogens is 4. The van der Waals surface area contributed by atoms with E-state index in [1.165, 1.54) is 16.5 Å². The Hall–Kier alpha value is -5.10. The summed E-state index contributed by atoms with van der Waals surface area (Å²) in [6, 6.07) is 6.98. The fourth-order valence-electron chi connectivity index (χ4n) is 6.61. The molecule has 4 heterocycles. The van der Waals surface area contributed by atoms with Crippen LogP contribution in [0, 0.1) is 19.7 Å². The average Bonchev–Trinajstić information content (AvgIpc) is 3.54. The second kappa shape index (κ2) is 12.5. The first-order valence-corrected chi connectivity index (χ1v) is 15.8. The zero-order valence-electron chi connectivity index (χ0n) is 27.2. The van der Waals surface area contributed by atoms with E-state index >= 15 is 4.39 Å². The molecule has 1 fully saturated rings. The molecule has 0 saturated carbocycles. The third-order valence-electron chi connectivity index (χ3n) is 8.90. The molecule has 1 aliphatic rings. The number of piperazine rings is 1. The van der Waals surface area contributed by atoms with Crippen molar-refractivity contribution in [2.45, 2.75) is 33.6 Å². The van der Waals surface area contributed by atoms with Crippen molar-refractivity contribution in [2.24, 2.45) is 0 Å². The first-order chi connectivity index (χ1) is 22.9. The topological polar surface area (TPSA) is 116 Å². The van der Waals surface area contributed by atoms with Gasteiger partial charge >= 0.3 is 0 Å². The maximum absolute atomic E-state index is 17.7. The van der Waals surface area contributed by atoms with Crippen LogP contribution in [0.25, 0.3) is 38.6 Å².